The van der Waals surface area contributed by atoms with E-state index >= 15 is 0 Å². The number of aromatic nitrogens is 1. The van der Waals surface area contributed by atoms with E-state index in [1.807, 2.05) is 16.7 Å². The minimum atomic E-state index is -5.08. The first-order valence-electron chi connectivity index (χ1n) is 15.0. The molecule has 5 rings (SSSR count). The number of piperazine rings is 1. The van der Waals surface area contributed by atoms with Crippen LogP contribution in [0.4, 0.5) is 42.2 Å². The molecule has 2 aliphatic rings. The van der Waals surface area contributed by atoms with Crippen LogP contribution in [0.3, 0.4) is 0 Å². The molecule has 14 heteroatoms. The highest BCUT2D eigenvalue weighted by Gasteiger charge is 2.42. The molecular weight excluding hydrogens is 649 g/mol. The summed E-state index contributed by atoms with van der Waals surface area (Å²) in [6.45, 7) is 6.20. The number of hydrogen-bond acceptors (Lipinski definition) is 6. The van der Waals surface area contributed by atoms with E-state index in [1.165, 1.54) is 39.2 Å². The number of amides is 1. The molecule has 0 bridgehead atoms. The van der Waals surface area contributed by atoms with Crippen LogP contribution in [0.1, 0.15) is 36.1 Å². The number of nitrogens with zero attached hydrogens (tertiary/aromatic N) is 4. The van der Waals surface area contributed by atoms with Crippen molar-refractivity contribution in [2.45, 2.75) is 50.6 Å². The fraction of sp³-hybridized carbons (Fsp3) is 0.455. The topological polar surface area (TPSA) is 59.9 Å². The molecule has 0 saturated carbocycles. The summed E-state index contributed by atoms with van der Waals surface area (Å²) < 4.78 is 96.2. The van der Waals surface area contributed by atoms with E-state index in [0.29, 0.717) is 47.7 Å². The highest BCUT2D eigenvalue weighted by atomic mass is 32.2. The molecule has 6 nitrogen and oxygen atoms in total. The fourth-order valence-electron chi connectivity index (χ4n) is 6.25. The van der Waals surface area contributed by atoms with E-state index in [0.717, 1.165) is 23.0 Å². The Morgan fingerprint density at radius 3 is 2.21 bits per heavy atom. The summed E-state index contributed by atoms with van der Waals surface area (Å²) in [6.07, 6.45) is -8.74. The van der Waals surface area contributed by atoms with Crippen molar-refractivity contribution in [1.29, 1.82) is 0 Å². The predicted octanol–water partition coefficient (Wildman–Crippen LogP) is 6.77. The number of halogens is 7. The first-order valence-corrected chi connectivity index (χ1v) is 16.1. The van der Waals surface area contributed by atoms with Crippen LogP contribution in [0.15, 0.2) is 48.7 Å². The Morgan fingerprint density at radius 1 is 0.979 bits per heavy atom. The molecule has 2 saturated heterocycles. The van der Waals surface area contributed by atoms with Gasteiger partial charge in [0.25, 0.3) is 0 Å². The highest BCUT2D eigenvalue weighted by molar-refractivity contribution is 7.99. The quantitative estimate of drug-likeness (QED) is 0.290. The monoisotopic (exact) mass is 684 g/mol. The highest BCUT2D eigenvalue weighted by Crippen LogP contribution is 2.42. The number of benzene rings is 2. The molecule has 254 valence electrons. The Bertz CT molecular complexity index is 1610. The van der Waals surface area contributed by atoms with Gasteiger partial charge in [0.15, 0.2) is 0 Å². The molecule has 2 fully saturated rings. The molecule has 1 amide bonds. The number of aryl methyl sites for hydroxylation is 1. The van der Waals surface area contributed by atoms with Gasteiger partial charge >= 0.3 is 12.4 Å². The zero-order chi connectivity index (χ0) is 34.5. The first-order chi connectivity index (χ1) is 21.9. The van der Waals surface area contributed by atoms with Crippen molar-refractivity contribution in [2.75, 3.05) is 54.6 Å². The van der Waals surface area contributed by atoms with E-state index in [9.17, 15) is 40.6 Å². The van der Waals surface area contributed by atoms with Crippen LogP contribution in [-0.4, -0.2) is 77.8 Å². The van der Waals surface area contributed by atoms with E-state index in [4.69, 9.17) is 0 Å². The average molecular weight is 685 g/mol. The lowest BCUT2D eigenvalue weighted by atomic mass is 9.81. The molecule has 2 aromatic carbocycles. The maximum Gasteiger partial charge on any atom is 0.416 e. The summed E-state index contributed by atoms with van der Waals surface area (Å²) in [5.41, 5.74) is -3.59. The fourth-order valence-corrected chi connectivity index (χ4v) is 7.37. The summed E-state index contributed by atoms with van der Waals surface area (Å²) in [4.78, 5) is 24.2. The number of alkyl halides is 6. The second kappa shape index (κ2) is 12.9. The molecule has 2 unspecified atom stereocenters. The minimum Gasteiger partial charge on any atom is -0.394 e. The number of aliphatic hydroxyl groups is 1. The number of pyridine rings is 1. The van der Waals surface area contributed by atoms with Crippen LogP contribution in [0, 0.1) is 12.7 Å². The Hall–Kier alpha value is -3.36. The van der Waals surface area contributed by atoms with E-state index in [-0.39, 0.29) is 30.4 Å². The number of carbonyl (C=O) groups is 1. The lowest BCUT2D eigenvalue weighted by molar-refractivity contribution is -0.143. The Balaban J connectivity index is 1.59. The first kappa shape index (κ1) is 35.0. The molecule has 0 spiro atoms. The number of anilines is 2. The molecule has 0 aliphatic carbocycles. The lowest BCUT2D eigenvalue weighted by Gasteiger charge is -2.48. The maximum absolute atomic E-state index is 14.2. The molecule has 1 aromatic heterocycles. The Morgan fingerprint density at radius 2 is 1.62 bits per heavy atom. The average Bonchev–Trinajstić information content (AvgIpc) is 3.02. The third-order valence-electron chi connectivity index (χ3n) is 9.01. The predicted molar refractivity (Wildman–Crippen MR) is 168 cm³/mol. The molecule has 47 heavy (non-hydrogen) atoms. The molecule has 2 aliphatic heterocycles. The summed E-state index contributed by atoms with van der Waals surface area (Å²) >= 11 is 1.85. The van der Waals surface area contributed by atoms with Gasteiger partial charge in [-0.25, -0.2) is 9.37 Å². The van der Waals surface area contributed by atoms with Crippen molar-refractivity contribution < 1.29 is 40.6 Å². The number of hydrogen-bond donors (Lipinski definition) is 1. The van der Waals surface area contributed by atoms with Gasteiger partial charge in [-0.05, 0) is 73.9 Å². The molecule has 1 N–H and O–H groups in total. The van der Waals surface area contributed by atoms with E-state index < -0.39 is 46.2 Å². The van der Waals surface area contributed by atoms with Crippen LogP contribution >= 0.6 is 11.8 Å². The van der Waals surface area contributed by atoms with Crippen molar-refractivity contribution >= 4 is 29.2 Å². The van der Waals surface area contributed by atoms with Crippen molar-refractivity contribution in [3.05, 3.63) is 76.7 Å². The van der Waals surface area contributed by atoms with Crippen molar-refractivity contribution in [3.63, 3.8) is 0 Å². The lowest BCUT2D eigenvalue weighted by Crippen LogP contribution is -2.62. The van der Waals surface area contributed by atoms with Gasteiger partial charge < -0.3 is 14.9 Å². The van der Waals surface area contributed by atoms with E-state index in [1.54, 1.807) is 19.1 Å². The molecular formula is C33H35F7N4O2S. The van der Waals surface area contributed by atoms with Gasteiger partial charge in [0, 0.05) is 49.8 Å². The van der Waals surface area contributed by atoms with Crippen LogP contribution in [0.5, 0.6) is 0 Å². The summed E-state index contributed by atoms with van der Waals surface area (Å²) in [5.74, 6) is 1.15. The smallest absolute Gasteiger partial charge is 0.394 e. The SMILES string of the molecule is Cc1cc(F)ccc1-c1cc(N2CC3CSCCN3CC2CO)ncc1N(C)C(=O)C(C)(C)c1cc(C(F)(F)F)cc(C(F)(F)F)c1. The van der Waals surface area contributed by atoms with Crippen molar-refractivity contribution in [1.82, 2.24) is 9.88 Å². The third kappa shape index (κ3) is 7.09. The van der Waals surface area contributed by atoms with Crippen LogP contribution in [-0.2, 0) is 22.6 Å². The molecule has 0 radical (unpaired) electrons. The zero-order valence-corrected chi connectivity index (χ0v) is 27.0. The van der Waals surface area contributed by atoms with Crippen LogP contribution < -0.4 is 9.80 Å². The molecule has 3 heterocycles. The molecule has 3 aromatic rings. The normalized spacial score (nSPS) is 19.4. The number of aliphatic hydroxyl groups excluding tert-OH is 1. The second-order valence-corrected chi connectivity index (χ2v) is 13.7. The van der Waals surface area contributed by atoms with Gasteiger partial charge in [0.1, 0.15) is 11.6 Å². The number of thioether (sulfide) groups is 1. The summed E-state index contributed by atoms with van der Waals surface area (Å²) in [7, 11) is 1.37. The second-order valence-electron chi connectivity index (χ2n) is 12.5. The standard InChI is InChI=1S/C33H35F7N4O2S/c1-19-9-23(34)5-6-26(19)27-13-29(44-16-25-18-47-8-7-43(25)15-24(44)17-45)41-14-28(27)42(4)30(46)31(2,3)20-10-21(32(35,36)37)12-22(11-20)33(38,39)40/h5-6,9-14,24-25,45H,7-8,15-18H2,1-4H3. The summed E-state index contributed by atoms with van der Waals surface area (Å²) in [6, 6.07) is 6.96. The van der Waals surface area contributed by atoms with Crippen LogP contribution in [0.2, 0.25) is 0 Å². The van der Waals surface area contributed by atoms with Crippen LogP contribution in [0.25, 0.3) is 11.1 Å². The van der Waals surface area contributed by atoms with Gasteiger partial charge in [-0.1, -0.05) is 6.07 Å². The summed E-state index contributed by atoms with van der Waals surface area (Å²) in [5, 5.41) is 10.3. The number of likely N-dealkylation sites (N-methyl/N-ethyl adjacent to an activating group) is 1. The largest absolute Gasteiger partial charge is 0.416 e. The van der Waals surface area contributed by atoms with Gasteiger partial charge in [0.2, 0.25) is 5.91 Å². The van der Waals surface area contributed by atoms with Gasteiger partial charge in [-0.15, -0.1) is 0 Å². The van der Waals surface area contributed by atoms with Gasteiger partial charge in [-0.2, -0.15) is 38.1 Å². The Labute approximate surface area is 272 Å². The zero-order valence-electron chi connectivity index (χ0n) is 26.2. The van der Waals surface area contributed by atoms with Gasteiger partial charge in [0.05, 0.1) is 41.1 Å². The number of carbonyl (C=O) groups excluding carboxylic acids is 1. The van der Waals surface area contributed by atoms with Crippen molar-refractivity contribution in [2.24, 2.45) is 0 Å². The van der Waals surface area contributed by atoms with Crippen molar-refractivity contribution in [3.8, 4) is 11.1 Å². The maximum atomic E-state index is 14.2. The minimum absolute atomic E-state index is 0.0251. The third-order valence-corrected chi connectivity index (χ3v) is 10.1. The Kier molecular flexibility index (Phi) is 9.61. The van der Waals surface area contributed by atoms with E-state index in [2.05, 4.69) is 9.88 Å². The number of fused-ring (bicyclic) bond motifs is 1. The number of rotatable bonds is 6. The molecule has 2 atom stereocenters. The van der Waals surface area contributed by atoms with Gasteiger partial charge in [-0.3, -0.25) is 9.69 Å².